The van der Waals surface area contributed by atoms with Crippen LogP contribution in [0.3, 0.4) is 0 Å². The zero-order valence-electron chi connectivity index (χ0n) is 16.8. The number of allylic oxidation sites excluding steroid dienone is 2. The number of anilines is 1. The lowest BCUT2D eigenvalue weighted by Crippen LogP contribution is -2.46. The summed E-state index contributed by atoms with van der Waals surface area (Å²) in [5.74, 6) is -3.07. The first kappa shape index (κ1) is 20.6. The van der Waals surface area contributed by atoms with Gasteiger partial charge in [0, 0.05) is 31.2 Å². The third kappa shape index (κ3) is 3.17. The van der Waals surface area contributed by atoms with Gasteiger partial charge in [0.25, 0.3) is 0 Å². The SMILES string of the molecule is NC12C=CC=CC1CN(c1c(F)cc3c(=O)c(C(=O)O)cn(C4CC4)c3c1OC(F)F)C2. The van der Waals surface area contributed by atoms with Crippen molar-refractivity contribution in [2.24, 2.45) is 11.7 Å². The monoisotopic (exact) mass is 447 g/mol. The Morgan fingerprint density at radius 2 is 2.06 bits per heavy atom. The van der Waals surface area contributed by atoms with Crippen molar-refractivity contribution in [2.45, 2.75) is 31.0 Å². The topological polar surface area (TPSA) is 97.8 Å². The minimum atomic E-state index is -3.28. The number of halogens is 3. The van der Waals surface area contributed by atoms with Crippen LogP contribution in [0.4, 0.5) is 18.9 Å². The lowest BCUT2D eigenvalue weighted by molar-refractivity contribution is -0.0488. The molecule has 1 saturated carbocycles. The van der Waals surface area contributed by atoms with E-state index in [2.05, 4.69) is 0 Å². The smallest absolute Gasteiger partial charge is 0.387 e. The number of carboxylic acid groups (broad SMARTS) is 1. The predicted octanol–water partition coefficient (Wildman–Crippen LogP) is 3.03. The van der Waals surface area contributed by atoms with Crippen LogP contribution >= 0.6 is 0 Å². The maximum absolute atomic E-state index is 15.4. The van der Waals surface area contributed by atoms with Crippen LogP contribution in [0, 0.1) is 11.7 Å². The molecule has 1 aliphatic heterocycles. The zero-order valence-corrected chi connectivity index (χ0v) is 16.8. The highest BCUT2D eigenvalue weighted by Gasteiger charge is 2.44. The van der Waals surface area contributed by atoms with E-state index in [9.17, 15) is 23.5 Å². The number of ether oxygens (including phenoxy) is 1. The van der Waals surface area contributed by atoms with E-state index in [1.165, 1.54) is 4.57 Å². The summed E-state index contributed by atoms with van der Waals surface area (Å²) in [5, 5.41) is 9.10. The van der Waals surface area contributed by atoms with Crippen molar-refractivity contribution < 1.29 is 27.8 Å². The largest absolute Gasteiger partial charge is 0.477 e. The molecule has 3 aliphatic rings. The minimum absolute atomic E-state index is 0.0359. The average molecular weight is 447 g/mol. The predicted molar refractivity (Wildman–Crippen MR) is 111 cm³/mol. The van der Waals surface area contributed by atoms with Crippen LogP contribution in [0.5, 0.6) is 5.75 Å². The Morgan fingerprint density at radius 1 is 1.31 bits per heavy atom. The van der Waals surface area contributed by atoms with Gasteiger partial charge in [-0.2, -0.15) is 8.78 Å². The van der Waals surface area contributed by atoms with Gasteiger partial charge in [-0.15, -0.1) is 0 Å². The summed E-state index contributed by atoms with van der Waals surface area (Å²) >= 11 is 0. The molecule has 2 aromatic rings. The Bertz CT molecular complexity index is 1250. The molecule has 168 valence electrons. The van der Waals surface area contributed by atoms with Gasteiger partial charge in [0.05, 0.1) is 16.4 Å². The summed E-state index contributed by atoms with van der Waals surface area (Å²) in [7, 11) is 0. The van der Waals surface area contributed by atoms with Gasteiger partial charge in [0.15, 0.2) is 11.6 Å². The van der Waals surface area contributed by atoms with Crippen LogP contribution in [-0.2, 0) is 0 Å². The molecule has 7 nitrogen and oxygen atoms in total. The van der Waals surface area contributed by atoms with Crippen molar-refractivity contribution in [3.63, 3.8) is 0 Å². The van der Waals surface area contributed by atoms with Gasteiger partial charge < -0.3 is 25.0 Å². The molecular weight excluding hydrogens is 427 g/mol. The highest BCUT2D eigenvalue weighted by Crippen LogP contribution is 2.46. The number of rotatable bonds is 5. The number of aromatic carboxylic acids is 1. The van der Waals surface area contributed by atoms with Gasteiger partial charge in [-0.25, -0.2) is 9.18 Å². The van der Waals surface area contributed by atoms with Gasteiger partial charge in [-0.1, -0.05) is 24.3 Å². The lowest BCUT2D eigenvalue weighted by Gasteiger charge is -2.27. The van der Waals surface area contributed by atoms with Crippen molar-refractivity contribution in [3.8, 4) is 5.75 Å². The van der Waals surface area contributed by atoms with E-state index < -0.39 is 40.7 Å². The second-order valence-electron chi connectivity index (χ2n) is 8.47. The highest BCUT2D eigenvalue weighted by atomic mass is 19.3. The van der Waals surface area contributed by atoms with E-state index in [0.29, 0.717) is 12.8 Å². The van der Waals surface area contributed by atoms with Gasteiger partial charge in [-0.3, -0.25) is 4.79 Å². The minimum Gasteiger partial charge on any atom is -0.477 e. The van der Waals surface area contributed by atoms with Gasteiger partial charge in [0.2, 0.25) is 5.43 Å². The molecule has 3 N–H and O–H groups in total. The Morgan fingerprint density at radius 3 is 2.69 bits per heavy atom. The standard InChI is InChI=1S/C22H20F3N3O4/c23-15-7-13-16(28(12-4-5-12)9-14(18(13)29)20(30)31)19(32-21(24)25)17(15)27-8-11-3-1-2-6-22(11,26)10-27/h1-3,6-7,9,11-12,21H,4-5,8,10,26H2,(H,30,31). The molecule has 2 atom stereocenters. The van der Waals surface area contributed by atoms with Gasteiger partial charge in [0.1, 0.15) is 11.3 Å². The Hall–Kier alpha value is -3.27. The number of carboxylic acids is 1. The molecule has 2 fully saturated rings. The normalized spacial score (nSPS) is 24.4. The van der Waals surface area contributed by atoms with E-state index >= 15 is 4.39 Å². The number of alkyl halides is 2. The molecule has 0 amide bonds. The number of aromatic nitrogens is 1. The third-order valence-electron chi connectivity index (χ3n) is 6.33. The molecule has 1 aromatic heterocycles. The Kier molecular flexibility index (Phi) is 4.59. The number of hydrogen-bond donors (Lipinski definition) is 2. The number of nitrogens with two attached hydrogens (primary N) is 1. The maximum atomic E-state index is 15.4. The van der Waals surface area contributed by atoms with Crippen LogP contribution in [0.2, 0.25) is 0 Å². The van der Waals surface area contributed by atoms with Crippen LogP contribution < -0.4 is 20.8 Å². The molecule has 2 unspecified atom stereocenters. The molecular formula is C22H20F3N3O4. The zero-order chi connectivity index (χ0) is 22.8. The fourth-order valence-electron chi connectivity index (χ4n) is 4.67. The summed E-state index contributed by atoms with van der Waals surface area (Å²) in [6, 6.07) is 0.718. The molecule has 10 heteroatoms. The first-order chi connectivity index (χ1) is 15.2. The number of carbonyl (C=O) groups is 1. The number of hydrogen-bond acceptors (Lipinski definition) is 5. The van der Waals surface area contributed by atoms with Crippen LogP contribution in [0.1, 0.15) is 29.2 Å². The van der Waals surface area contributed by atoms with Crippen molar-refractivity contribution in [3.05, 3.63) is 58.2 Å². The van der Waals surface area contributed by atoms with E-state index in [4.69, 9.17) is 10.5 Å². The number of benzene rings is 1. The quantitative estimate of drug-likeness (QED) is 0.731. The third-order valence-corrected chi connectivity index (χ3v) is 6.33. The number of nitrogens with zero attached hydrogens (tertiary/aromatic N) is 2. The first-order valence-electron chi connectivity index (χ1n) is 10.2. The summed E-state index contributed by atoms with van der Waals surface area (Å²) in [5.41, 5.74) is 3.90. The molecule has 5 rings (SSSR count). The lowest BCUT2D eigenvalue weighted by atomic mass is 9.85. The van der Waals surface area contributed by atoms with Crippen LogP contribution in [0.15, 0.2) is 41.4 Å². The van der Waals surface area contributed by atoms with E-state index in [1.807, 2.05) is 12.2 Å². The number of fused-ring (bicyclic) bond motifs is 2. The van der Waals surface area contributed by atoms with E-state index in [1.54, 1.807) is 17.1 Å². The Balaban J connectivity index is 1.78. The van der Waals surface area contributed by atoms with Crippen LogP contribution in [-0.4, -0.2) is 40.9 Å². The fourth-order valence-corrected chi connectivity index (χ4v) is 4.67. The molecule has 0 bridgehead atoms. The van der Waals surface area contributed by atoms with Crippen molar-refractivity contribution >= 4 is 22.6 Å². The maximum Gasteiger partial charge on any atom is 0.387 e. The molecule has 0 radical (unpaired) electrons. The molecule has 1 aromatic carbocycles. The van der Waals surface area contributed by atoms with E-state index in [-0.39, 0.29) is 41.6 Å². The van der Waals surface area contributed by atoms with Gasteiger partial charge >= 0.3 is 12.6 Å². The highest BCUT2D eigenvalue weighted by molar-refractivity contribution is 5.97. The second kappa shape index (κ2) is 7.13. The summed E-state index contributed by atoms with van der Waals surface area (Å²) in [6.07, 6.45) is 9.76. The summed E-state index contributed by atoms with van der Waals surface area (Å²) in [6.45, 7) is -2.86. The molecule has 0 spiro atoms. The first-order valence-corrected chi connectivity index (χ1v) is 10.2. The summed E-state index contributed by atoms with van der Waals surface area (Å²) < 4.78 is 48.6. The average Bonchev–Trinajstić information content (AvgIpc) is 3.49. The number of pyridine rings is 1. The van der Waals surface area contributed by atoms with Crippen molar-refractivity contribution in [1.29, 1.82) is 0 Å². The molecule has 2 heterocycles. The van der Waals surface area contributed by atoms with Crippen molar-refractivity contribution in [2.75, 3.05) is 18.0 Å². The van der Waals surface area contributed by atoms with Gasteiger partial charge in [-0.05, 0) is 18.9 Å². The van der Waals surface area contributed by atoms with E-state index in [0.717, 1.165) is 12.3 Å². The second-order valence-corrected chi connectivity index (χ2v) is 8.47. The molecule has 1 saturated heterocycles. The fraction of sp³-hybridized carbons (Fsp3) is 0.364. The van der Waals surface area contributed by atoms with Crippen LogP contribution in [0.25, 0.3) is 10.9 Å². The molecule has 2 aliphatic carbocycles. The molecule has 32 heavy (non-hydrogen) atoms. The summed E-state index contributed by atoms with van der Waals surface area (Å²) in [4.78, 5) is 25.9. The van der Waals surface area contributed by atoms with Crippen molar-refractivity contribution in [1.82, 2.24) is 4.57 Å². The Labute approximate surface area is 180 Å².